The highest BCUT2D eigenvalue weighted by Gasteiger charge is 2.13. The summed E-state index contributed by atoms with van der Waals surface area (Å²) >= 11 is 1.83. The quantitative estimate of drug-likeness (QED) is 0.828. The van der Waals surface area contributed by atoms with Crippen molar-refractivity contribution in [2.45, 2.75) is 6.54 Å². The average molecular weight is 365 g/mol. The molecule has 0 saturated heterocycles. The van der Waals surface area contributed by atoms with Crippen molar-refractivity contribution >= 4 is 39.3 Å². The number of carboxylic acid groups (broad SMARTS) is 1. The van der Waals surface area contributed by atoms with Crippen LogP contribution in [0.1, 0.15) is 0 Å². The molecule has 0 aliphatic carbocycles. The second-order valence-corrected chi connectivity index (χ2v) is 4.78. The lowest BCUT2D eigenvalue weighted by atomic mass is 10.1. The molecule has 0 amide bonds. The Morgan fingerprint density at radius 1 is 1.28 bits per heavy atom. The highest BCUT2D eigenvalue weighted by atomic mass is 127. The van der Waals surface area contributed by atoms with Gasteiger partial charge in [-0.2, -0.15) is 0 Å². The monoisotopic (exact) mass is 365 g/mol. The Bertz CT molecular complexity index is 711. The second kappa shape index (κ2) is 4.63. The Labute approximate surface area is 113 Å². The minimum atomic E-state index is -1.19. The van der Waals surface area contributed by atoms with Crippen molar-refractivity contribution in [3.8, 4) is 0 Å². The third-order valence-electron chi connectivity index (χ3n) is 2.38. The molecular weight excluding hydrogens is 359 g/mol. The number of hydrogen-bond acceptors (Lipinski definition) is 2. The normalized spacial score (nSPS) is 10.8. The van der Waals surface area contributed by atoms with Crippen LogP contribution < -0.4 is 5.56 Å². The van der Waals surface area contributed by atoms with Gasteiger partial charge in [0, 0.05) is 15.2 Å². The molecule has 94 valence electrons. The second-order valence-electron chi connectivity index (χ2n) is 3.62. The van der Waals surface area contributed by atoms with Gasteiger partial charge in [0.1, 0.15) is 6.54 Å². The molecule has 0 spiro atoms. The highest BCUT2D eigenvalue weighted by Crippen LogP contribution is 2.20. The van der Waals surface area contributed by atoms with Crippen LogP contribution in [0.15, 0.2) is 23.1 Å². The number of fused-ring (bicyclic) bond motifs is 1. The Balaban J connectivity index is 2.81. The van der Waals surface area contributed by atoms with E-state index in [-0.39, 0.29) is 10.8 Å². The zero-order chi connectivity index (χ0) is 13.4. The van der Waals surface area contributed by atoms with Gasteiger partial charge in [-0.25, -0.2) is 8.78 Å². The molecule has 0 fully saturated rings. The fourth-order valence-electron chi connectivity index (χ4n) is 1.60. The zero-order valence-corrected chi connectivity index (χ0v) is 10.9. The van der Waals surface area contributed by atoms with E-state index >= 15 is 0 Å². The van der Waals surface area contributed by atoms with E-state index in [1.807, 2.05) is 22.6 Å². The molecule has 0 aliphatic rings. The van der Waals surface area contributed by atoms with Crippen LogP contribution in [0.25, 0.3) is 10.8 Å². The summed E-state index contributed by atoms with van der Waals surface area (Å²) in [4.78, 5) is 22.5. The highest BCUT2D eigenvalue weighted by molar-refractivity contribution is 14.1. The van der Waals surface area contributed by atoms with Crippen LogP contribution in [0.3, 0.4) is 0 Å². The molecule has 1 aromatic heterocycles. The fourth-order valence-corrected chi connectivity index (χ4v) is 2.39. The van der Waals surface area contributed by atoms with Crippen molar-refractivity contribution in [1.82, 2.24) is 4.57 Å². The number of rotatable bonds is 2. The maximum atomic E-state index is 13.1. The topological polar surface area (TPSA) is 59.3 Å². The lowest BCUT2D eigenvalue weighted by molar-refractivity contribution is -0.137. The zero-order valence-electron chi connectivity index (χ0n) is 8.78. The molecule has 4 nitrogen and oxygen atoms in total. The Morgan fingerprint density at radius 3 is 2.39 bits per heavy atom. The molecule has 7 heteroatoms. The summed E-state index contributed by atoms with van der Waals surface area (Å²) in [5.41, 5.74) is -0.660. The molecule has 2 aromatic rings. The van der Waals surface area contributed by atoms with Crippen molar-refractivity contribution in [2.75, 3.05) is 0 Å². The van der Waals surface area contributed by atoms with Gasteiger partial charge in [0.05, 0.1) is 5.39 Å². The molecular formula is C11H6F2INO3. The molecule has 1 heterocycles. The predicted molar refractivity (Wildman–Crippen MR) is 68.5 cm³/mol. The van der Waals surface area contributed by atoms with E-state index in [1.165, 1.54) is 6.20 Å². The third kappa shape index (κ3) is 2.22. The van der Waals surface area contributed by atoms with Crippen LogP contribution in [0.5, 0.6) is 0 Å². The standard InChI is InChI=1S/C11H6F2INO3/c12-7-1-5-6(2-8(7)13)11(18)15(3-9(5)14)4-10(16)17/h1-3H,4H2,(H,16,17). The average Bonchev–Trinajstić information content (AvgIpc) is 2.28. The van der Waals surface area contributed by atoms with Crippen molar-refractivity contribution in [1.29, 1.82) is 0 Å². The van der Waals surface area contributed by atoms with Crippen molar-refractivity contribution < 1.29 is 18.7 Å². The first kappa shape index (κ1) is 12.9. The SMILES string of the molecule is O=C(O)Cn1cc(I)c2cc(F)c(F)cc2c1=O. The number of aromatic nitrogens is 1. The summed E-state index contributed by atoms with van der Waals surface area (Å²) < 4.78 is 27.6. The van der Waals surface area contributed by atoms with E-state index < -0.39 is 29.7 Å². The molecule has 0 bridgehead atoms. The van der Waals surface area contributed by atoms with Crippen molar-refractivity contribution in [3.63, 3.8) is 0 Å². The summed E-state index contributed by atoms with van der Waals surface area (Å²) in [5.74, 6) is -3.37. The van der Waals surface area contributed by atoms with Crippen molar-refractivity contribution in [2.24, 2.45) is 0 Å². The van der Waals surface area contributed by atoms with E-state index in [0.717, 1.165) is 16.7 Å². The van der Waals surface area contributed by atoms with Gasteiger partial charge in [-0.3, -0.25) is 9.59 Å². The Hall–Kier alpha value is -1.51. The molecule has 18 heavy (non-hydrogen) atoms. The molecule has 1 N–H and O–H groups in total. The molecule has 0 aliphatic heterocycles. The summed E-state index contributed by atoms with van der Waals surface area (Å²) in [6, 6.07) is 1.71. The lowest BCUT2D eigenvalue weighted by Crippen LogP contribution is -2.24. The number of nitrogens with zero attached hydrogens (tertiary/aromatic N) is 1. The predicted octanol–water partition coefficient (Wildman–Crippen LogP) is 1.97. The van der Waals surface area contributed by atoms with Gasteiger partial charge < -0.3 is 9.67 Å². The maximum absolute atomic E-state index is 13.1. The molecule has 0 radical (unpaired) electrons. The van der Waals surface area contributed by atoms with Crippen LogP contribution >= 0.6 is 22.6 Å². The Morgan fingerprint density at radius 2 is 1.83 bits per heavy atom. The summed E-state index contributed by atoms with van der Waals surface area (Å²) in [6.07, 6.45) is 1.30. The summed E-state index contributed by atoms with van der Waals surface area (Å²) in [7, 11) is 0. The van der Waals surface area contributed by atoms with Crippen LogP contribution in [-0.4, -0.2) is 15.6 Å². The van der Waals surface area contributed by atoms with E-state index in [9.17, 15) is 18.4 Å². The van der Waals surface area contributed by atoms with E-state index in [0.29, 0.717) is 3.57 Å². The summed E-state index contributed by atoms with van der Waals surface area (Å²) in [5, 5.41) is 8.88. The number of halogens is 3. The number of aliphatic carboxylic acids is 1. The number of pyridine rings is 1. The van der Waals surface area contributed by atoms with E-state index in [2.05, 4.69) is 0 Å². The molecule has 0 unspecified atom stereocenters. The van der Waals surface area contributed by atoms with Gasteiger partial charge in [-0.1, -0.05) is 0 Å². The molecule has 0 saturated carbocycles. The van der Waals surface area contributed by atoms with Gasteiger partial charge in [-0.15, -0.1) is 0 Å². The first-order chi connectivity index (χ1) is 8.40. The van der Waals surface area contributed by atoms with E-state index in [4.69, 9.17) is 5.11 Å². The maximum Gasteiger partial charge on any atom is 0.323 e. The minimum absolute atomic E-state index is 0.0398. The van der Waals surface area contributed by atoms with Gasteiger partial charge in [-0.05, 0) is 34.7 Å². The third-order valence-corrected chi connectivity index (χ3v) is 3.24. The van der Waals surface area contributed by atoms with Gasteiger partial charge in [0.2, 0.25) is 0 Å². The largest absolute Gasteiger partial charge is 0.480 e. The lowest BCUT2D eigenvalue weighted by Gasteiger charge is -2.07. The van der Waals surface area contributed by atoms with Gasteiger partial charge >= 0.3 is 5.97 Å². The minimum Gasteiger partial charge on any atom is -0.480 e. The first-order valence-electron chi connectivity index (χ1n) is 4.79. The fraction of sp³-hybridized carbons (Fsp3) is 0.0909. The number of benzene rings is 1. The number of carbonyl (C=O) groups is 1. The van der Waals surface area contributed by atoms with Gasteiger partial charge in [0.15, 0.2) is 11.6 Å². The smallest absolute Gasteiger partial charge is 0.323 e. The number of hydrogen-bond donors (Lipinski definition) is 1. The van der Waals surface area contributed by atoms with Crippen LogP contribution in [0.4, 0.5) is 8.78 Å². The first-order valence-corrected chi connectivity index (χ1v) is 5.87. The molecule has 2 rings (SSSR count). The van der Waals surface area contributed by atoms with Crippen LogP contribution in [0.2, 0.25) is 0 Å². The van der Waals surface area contributed by atoms with Crippen LogP contribution in [0, 0.1) is 15.2 Å². The molecule has 0 atom stereocenters. The Kier molecular flexibility index (Phi) is 3.33. The molecule has 1 aromatic carbocycles. The van der Waals surface area contributed by atoms with Crippen LogP contribution in [-0.2, 0) is 11.3 Å². The summed E-state index contributed by atoms with van der Waals surface area (Å²) in [6.45, 7) is -0.524. The van der Waals surface area contributed by atoms with Crippen molar-refractivity contribution in [3.05, 3.63) is 43.9 Å². The van der Waals surface area contributed by atoms with Gasteiger partial charge in [0.25, 0.3) is 5.56 Å². The number of carboxylic acids is 1. The van der Waals surface area contributed by atoms with E-state index in [1.54, 1.807) is 0 Å².